The van der Waals surface area contributed by atoms with Gasteiger partial charge in [0.05, 0.1) is 12.7 Å². The SMILES string of the molecule is Cc1cc(C(C)c2ccccc2)c(OC(C)(C)CCOC(C)C)c(C(C)c2ccccc2)c1. The van der Waals surface area contributed by atoms with Gasteiger partial charge in [0, 0.05) is 29.4 Å². The van der Waals surface area contributed by atoms with Gasteiger partial charge in [0.2, 0.25) is 0 Å². The van der Waals surface area contributed by atoms with Crippen LogP contribution in [0.2, 0.25) is 0 Å². The highest BCUT2D eigenvalue weighted by molar-refractivity contribution is 5.53. The number of aryl methyl sites for hydroxylation is 1. The van der Waals surface area contributed by atoms with E-state index in [1.165, 1.54) is 27.8 Å². The predicted octanol–water partition coefficient (Wildman–Crippen LogP) is 8.27. The lowest BCUT2D eigenvalue weighted by atomic mass is 9.84. The van der Waals surface area contributed by atoms with E-state index < -0.39 is 0 Å². The van der Waals surface area contributed by atoms with Gasteiger partial charge in [-0.1, -0.05) is 92.2 Å². The van der Waals surface area contributed by atoms with Crippen molar-refractivity contribution in [3.05, 3.63) is 101 Å². The molecule has 0 spiro atoms. The molecule has 0 fully saturated rings. The molecule has 0 heterocycles. The number of rotatable bonds is 10. The molecular weight excluding hydrogens is 404 g/mol. The molecule has 2 nitrogen and oxygen atoms in total. The van der Waals surface area contributed by atoms with Crippen molar-refractivity contribution in [3.8, 4) is 5.75 Å². The fourth-order valence-electron chi connectivity index (χ4n) is 4.30. The summed E-state index contributed by atoms with van der Waals surface area (Å²) < 4.78 is 12.8. The Balaban J connectivity index is 2.07. The lowest BCUT2D eigenvalue weighted by Crippen LogP contribution is -2.31. The summed E-state index contributed by atoms with van der Waals surface area (Å²) >= 11 is 0. The average Bonchev–Trinajstić information content (AvgIpc) is 2.79. The number of ether oxygens (including phenoxy) is 2. The molecule has 3 rings (SSSR count). The van der Waals surface area contributed by atoms with E-state index in [-0.39, 0.29) is 23.5 Å². The van der Waals surface area contributed by atoms with Crippen LogP contribution in [0.1, 0.15) is 87.6 Å². The number of benzene rings is 3. The first-order valence-electron chi connectivity index (χ1n) is 12.2. The molecule has 0 bridgehead atoms. The van der Waals surface area contributed by atoms with Gasteiger partial charge in [-0.15, -0.1) is 0 Å². The van der Waals surface area contributed by atoms with Crippen LogP contribution in [0.25, 0.3) is 0 Å². The number of hydrogen-bond donors (Lipinski definition) is 0. The maximum absolute atomic E-state index is 6.91. The second kappa shape index (κ2) is 11.0. The molecular formula is C31H40O2. The third-order valence-corrected chi connectivity index (χ3v) is 6.36. The first-order valence-corrected chi connectivity index (χ1v) is 12.2. The Kier molecular flexibility index (Phi) is 8.37. The Bertz CT molecular complexity index is 939. The van der Waals surface area contributed by atoms with E-state index in [1.54, 1.807) is 0 Å². The molecule has 2 heteroatoms. The molecule has 33 heavy (non-hydrogen) atoms. The van der Waals surface area contributed by atoms with Gasteiger partial charge in [-0.25, -0.2) is 0 Å². The van der Waals surface area contributed by atoms with E-state index >= 15 is 0 Å². The lowest BCUT2D eigenvalue weighted by Gasteiger charge is -2.32. The van der Waals surface area contributed by atoms with Crippen LogP contribution >= 0.6 is 0 Å². The van der Waals surface area contributed by atoms with Crippen LogP contribution in [0.4, 0.5) is 0 Å². The molecule has 3 aromatic rings. The van der Waals surface area contributed by atoms with Gasteiger partial charge < -0.3 is 9.47 Å². The normalized spacial score (nSPS) is 13.7. The molecule has 0 saturated heterocycles. The maximum Gasteiger partial charge on any atom is 0.127 e. The highest BCUT2D eigenvalue weighted by atomic mass is 16.5. The molecule has 0 amide bonds. The molecule has 3 aromatic carbocycles. The highest BCUT2D eigenvalue weighted by Crippen LogP contribution is 2.42. The third-order valence-electron chi connectivity index (χ3n) is 6.36. The van der Waals surface area contributed by atoms with Gasteiger partial charge in [-0.2, -0.15) is 0 Å². The van der Waals surface area contributed by atoms with Crippen molar-refractivity contribution in [2.45, 2.75) is 78.4 Å². The summed E-state index contributed by atoms with van der Waals surface area (Å²) in [7, 11) is 0. The zero-order valence-electron chi connectivity index (χ0n) is 21.4. The average molecular weight is 445 g/mol. The standard InChI is InChI=1S/C31H40O2/c1-22(2)32-19-18-31(6,7)33-30-28(24(4)26-14-10-8-11-15-26)20-23(3)21-29(30)25(5)27-16-12-9-13-17-27/h8-17,20-22,24-25H,18-19H2,1-7H3. The minimum atomic E-state index is -0.347. The summed E-state index contributed by atoms with van der Waals surface area (Å²) in [6, 6.07) is 26.0. The van der Waals surface area contributed by atoms with Crippen LogP contribution in [0.3, 0.4) is 0 Å². The van der Waals surface area contributed by atoms with Crippen LogP contribution in [0, 0.1) is 6.92 Å². The van der Waals surface area contributed by atoms with Crippen molar-refractivity contribution >= 4 is 0 Å². The summed E-state index contributed by atoms with van der Waals surface area (Å²) in [6.45, 7) is 15.9. The first kappa shape index (κ1) is 25.1. The molecule has 0 aliphatic rings. The smallest absolute Gasteiger partial charge is 0.127 e. The zero-order chi connectivity index (χ0) is 24.0. The second-order valence-corrected chi connectivity index (χ2v) is 10.1. The van der Waals surface area contributed by atoms with Crippen molar-refractivity contribution in [3.63, 3.8) is 0 Å². The van der Waals surface area contributed by atoms with E-state index in [1.807, 2.05) is 0 Å². The second-order valence-electron chi connectivity index (χ2n) is 10.1. The van der Waals surface area contributed by atoms with Crippen molar-refractivity contribution in [1.29, 1.82) is 0 Å². The van der Waals surface area contributed by atoms with Crippen LogP contribution < -0.4 is 4.74 Å². The summed E-state index contributed by atoms with van der Waals surface area (Å²) in [5.74, 6) is 1.47. The van der Waals surface area contributed by atoms with Gasteiger partial charge in [0.15, 0.2) is 0 Å². The van der Waals surface area contributed by atoms with Gasteiger partial charge in [-0.3, -0.25) is 0 Å². The van der Waals surface area contributed by atoms with Gasteiger partial charge in [0.25, 0.3) is 0 Å². The van der Waals surface area contributed by atoms with Crippen LogP contribution in [0.15, 0.2) is 72.8 Å². The molecule has 2 atom stereocenters. The summed E-state index contributed by atoms with van der Waals surface area (Å²) in [5.41, 5.74) is 6.01. The van der Waals surface area contributed by atoms with Crippen molar-refractivity contribution < 1.29 is 9.47 Å². The van der Waals surface area contributed by atoms with Gasteiger partial charge in [0.1, 0.15) is 11.4 Å². The third kappa shape index (κ3) is 6.71. The Morgan fingerprint density at radius 1 is 0.727 bits per heavy atom. The molecule has 0 aromatic heterocycles. The predicted molar refractivity (Wildman–Crippen MR) is 140 cm³/mol. The molecule has 0 N–H and O–H groups in total. The molecule has 0 radical (unpaired) electrons. The lowest BCUT2D eigenvalue weighted by molar-refractivity contribution is 0.0221. The van der Waals surface area contributed by atoms with E-state index in [0.29, 0.717) is 6.61 Å². The topological polar surface area (TPSA) is 18.5 Å². The molecule has 0 saturated carbocycles. The number of hydrogen-bond acceptors (Lipinski definition) is 2. The van der Waals surface area contributed by atoms with Crippen molar-refractivity contribution in [2.75, 3.05) is 6.61 Å². The maximum atomic E-state index is 6.91. The van der Waals surface area contributed by atoms with Crippen molar-refractivity contribution in [2.24, 2.45) is 0 Å². The molecule has 0 aliphatic carbocycles. The summed E-state index contributed by atoms with van der Waals surface area (Å²) in [6.07, 6.45) is 1.06. The zero-order valence-corrected chi connectivity index (χ0v) is 21.4. The minimum absolute atomic E-state index is 0.225. The van der Waals surface area contributed by atoms with E-state index in [9.17, 15) is 0 Å². The minimum Gasteiger partial charge on any atom is -0.487 e. The molecule has 0 aliphatic heterocycles. The first-order chi connectivity index (χ1) is 15.7. The monoisotopic (exact) mass is 444 g/mol. The van der Waals surface area contributed by atoms with E-state index in [0.717, 1.165) is 12.2 Å². The van der Waals surface area contributed by atoms with Gasteiger partial charge >= 0.3 is 0 Å². The van der Waals surface area contributed by atoms with Crippen molar-refractivity contribution in [1.82, 2.24) is 0 Å². The van der Waals surface area contributed by atoms with Crippen LogP contribution in [-0.2, 0) is 4.74 Å². The van der Waals surface area contributed by atoms with Crippen LogP contribution in [0.5, 0.6) is 5.75 Å². The van der Waals surface area contributed by atoms with Gasteiger partial charge in [-0.05, 0) is 45.7 Å². The fourth-order valence-corrected chi connectivity index (χ4v) is 4.30. The molecule has 176 valence electrons. The van der Waals surface area contributed by atoms with E-state index in [2.05, 4.69) is 121 Å². The Morgan fingerprint density at radius 3 is 1.61 bits per heavy atom. The Labute approximate surface area is 201 Å². The molecule has 2 unspecified atom stereocenters. The quantitative estimate of drug-likeness (QED) is 0.313. The fraction of sp³-hybridized carbons (Fsp3) is 0.419. The summed E-state index contributed by atoms with van der Waals surface area (Å²) in [5, 5.41) is 0. The Hall–Kier alpha value is -2.58. The highest BCUT2D eigenvalue weighted by Gasteiger charge is 2.28. The Morgan fingerprint density at radius 2 is 1.18 bits per heavy atom. The van der Waals surface area contributed by atoms with E-state index in [4.69, 9.17) is 9.47 Å². The summed E-state index contributed by atoms with van der Waals surface area (Å²) in [4.78, 5) is 0. The van der Waals surface area contributed by atoms with Crippen LogP contribution in [-0.4, -0.2) is 18.3 Å². The largest absolute Gasteiger partial charge is 0.487 e.